The summed E-state index contributed by atoms with van der Waals surface area (Å²) in [6, 6.07) is 18.4. The van der Waals surface area contributed by atoms with Crippen molar-refractivity contribution in [2.75, 3.05) is 31.0 Å². The Labute approximate surface area is 238 Å². The summed E-state index contributed by atoms with van der Waals surface area (Å²) in [6.45, 7) is -0.102. The van der Waals surface area contributed by atoms with Crippen molar-refractivity contribution in [1.29, 1.82) is 0 Å². The van der Waals surface area contributed by atoms with Gasteiger partial charge in [0.1, 0.15) is 35.7 Å². The Bertz CT molecular complexity index is 1520. The number of furan rings is 1. The Morgan fingerprint density at radius 1 is 1.18 bits per heavy atom. The van der Waals surface area contributed by atoms with Crippen LogP contribution in [0.1, 0.15) is 23.5 Å². The molecule has 2 atom stereocenters. The summed E-state index contributed by atoms with van der Waals surface area (Å²) in [5.41, 5.74) is 2.65. The smallest absolute Gasteiger partial charge is 0.250 e. The first kappa shape index (κ1) is 26.8. The molecule has 39 heavy (non-hydrogen) atoms. The van der Waals surface area contributed by atoms with Gasteiger partial charge in [0.25, 0.3) is 0 Å². The van der Waals surface area contributed by atoms with Crippen LogP contribution in [0.15, 0.2) is 81.8 Å². The standard InChI is InChI=1S/C28H24BrFN4O4S/c1-36-15-25(35)32-21-14-17(7-9-23(21)37-2)34-27(26(33-28(34)39)20-5-3-4-12-31-20)24-11-10-22(38-24)18-8-6-16(30)13-19(18)29/h3-14,26-27H,15H2,1-2H3,(H,32,35)(H,33,39)/t26-,27+/m0/s1. The zero-order chi connectivity index (χ0) is 27.5. The number of ether oxygens (including phenoxy) is 2. The fourth-order valence-corrected chi connectivity index (χ4v) is 5.42. The molecule has 1 saturated heterocycles. The van der Waals surface area contributed by atoms with Gasteiger partial charge in [-0.05, 0) is 88.8 Å². The molecule has 0 bridgehead atoms. The molecule has 1 fully saturated rings. The molecule has 1 amide bonds. The summed E-state index contributed by atoms with van der Waals surface area (Å²) in [5.74, 6) is 0.998. The third kappa shape index (κ3) is 5.51. The molecule has 1 aliphatic rings. The number of halogens is 2. The van der Waals surface area contributed by atoms with Gasteiger partial charge in [0, 0.05) is 29.0 Å². The van der Waals surface area contributed by atoms with Gasteiger partial charge in [0.05, 0.1) is 24.5 Å². The number of thiocarbonyl (C=S) groups is 1. The zero-order valence-electron chi connectivity index (χ0n) is 21.0. The quantitative estimate of drug-likeness (QED) is 0.234. The molecule has 1 aliphatic heterocycles. The van der Waals surface area contributed by atoms with Crippen LogP contribution >= 0.6 is 28.1 Å². The van der Waals surface area contributed by atoms with Crippen LogP contribution in [0.2, 0.25) is 0 Å². The maximum absolute atomic E-state index is 13.7. The third-order valence-corrected chi connectivity index (χ3v) is 7.19. The Kier molecular flexibility index (Phi) is 7.92. The number of rotatable bonds is 8. The zero-order valence-corrected chi connectivity index (χ0v) is 23.4. The average Bonchev–Trinajstić information content (AvgIpc) is 3.54. The summed E-state index contributed by atoms with van der Waals surface area (Å²) < 4.78 is 31.1. The lowest BCUT2D eigenvalue weighted by atomic mass is 10.0. The van der Waals surface area contributed by atoms with E-state index in [0.717, 1.165) is 5.69 Å². The minimum Gasteiger partial charge on any atom is -0.495 e. The van der Waals surface area contributed by atoms with Crippen molar-refractivity contribution in [2.24, 2.45) is 0 Å². The number of carbonyl (C=O) groups is 1. The second-order valence-electron chi connectivity index (χ2n) is 8.69. The van der Waals surface area contributed by atoms with Crippen LogP contribution in [-0.4, -0.2) is 36.8 Å². The van der Waals surface area contributed by atoms with E-state index in [9.17, 15) is 9.18 Å². The molecule has 2 N–H and O–H groups in total. The summed E-state index contributed by atoms with van der Waals surface area (Å²) in [5, 5.41) is 6.66. The van der Waals surface area contributed by atoms with Crippen molar-refractivity contribution in [3.63, 3.8) is 0 Å². The van der Waals surface area contributed by atoms with Crippen molar-refractivity contribution in [3.8, 4) is 17.1 Å². The first-order chi connectivity index (χ1) is 18.9. The number of amides is 1. The number of nitrogens with zero attached hydrogens (tertiary/aromatic N) is 2. The SMILES string of the molecule is COCC(=O)Nc1cc(N2C(=S)N[C@@H](c3ccccn3)[C@H]2c2ccc(-c3ccc(F)cc3Br)o2)ccc1OC. The Balaban J connectivity index is 1.59. The number of anilines is 2. The monoisotopic (exact) mass is 610 g/mol. The van der Waals surface area contributed by atoms with Crippen molar-refractivity contribution >= 4 is 50.5 Å². The Morgan fingerprint density at radius 2 is 2.03 bits per heavy atom. The van der Waals surface area contributed by atoms with E-state index in [0.29, 0.717) is 43.8 Å². The van der Waals surface area contributed by atoms with Crippen molar-refractivity contribution < 1.29 is 23.1 Å². The van der Waals surface area contributed by atoms with Crippen LogP contribution in [0.5, 0.6) is 5.75 Å². The maximum atomic E-state index is 13.7. The highest BCUT2D eigenvalue weighted by atomic mass is 79.9. The van der Waals surface area contributed by atoms with E-state index in [1.807, 2.05) is 41.3 Å². The molecule has 11 heteroatoms. The van der Waals surface area contributed by atoms with Gasteiger partial charge in [-0.3, -0.25) is 9.78 Å². The van der Waals surface area contributed by atoms with E-state index in [1.165, 1.54) is 26.4 Å². The molecule has 3 heterocycles. The van der Waals surface area contributed by atoms with Gasteiger partial charge < -0.3 is 29.4 Å². The normalized spacial score (nSPS) is 16.7. The molecule has 5 rings (SSSR count). The molecule has 8 nitrogen and oxygen atoms in total. The van der Waals surface area contributed by atoms with Crippen molar-refractivity contribution in [3.05, 3.63) is 94.7 Å². The maximum Gasteiger partial charge on any atom is 0.250 e. The molecular weight excluding hydrogens is 587 g/mol. The number of carbonyl (C=O) groups excluding carboxylic acids is 1. The van der Waals surface area contributed by atoms with Crippen LogP contribution in [-0.2, 0) is 9.53 Å². The molecule has 0 radical (unpaired) electrons. The fourth-order valence-electron chi connectivity index (χ4n) is 4.53. The summed E-state index contributed by atoms with van der Waals surface area (Å²) in [6.07, 6.45) is 1.72. The van der Waals surface area contributed by atoms with Crippen LogP contribution in [0, 0.1) is 5.82 Å². The number of pyridine rings is 1. The van der Waals surface area contributed by atoms with E-state index in [2.05, 4.69) is 31.5 Å². The average molecular weight is 611 g/mol. The van der Waals surface area contributed by atoms with E-state index in [4.69, 9.17) is 26.1 Å². The minimum atomic E-state index is -0.434. The van der Waals surface area contributed by atoms with Gasteiger partial charge in [0.2, 0.25) is 5.91 Å². The molecule has 2 aromatic heterocycles. The lowest BCUT2D eigenvalue weighted by Gasteiger charge is -2.27. The predicted octanol–water partition coefficient (Wildman–Crippen LogP) is 6.01. The minimum absolute atomic E-state index is 0.102. The van der Waals surface area contributed by atoms with Crippen molar-refractivity contribution in [1.82, 2.24) is 10.3 Å². The van der Waals surface area contributed by atoms with E-state index >= 15 is 0 Å². The van der Waals surface area contributed by atoms with Crippen molar-refractivity contribution in [2.45, 2.75) is 12.1 Å². The molecule has 0 saturated carbocycles. The van der Waals surface area contributed by atoms with E-state index in [-0.39, 0.29) is 24.4 Å². The highest BCUT2D eigenvalue weighted by Crippen LogP contribution is 2.44. The summed E-state index contributed by atoms with van der Waals surface area (Å²) in [4.78, 5) is 18.8. The molecular formula is C28H24BrFN4O4S. The molecule has 0 aliphatic carbocycles. The van der Waals surface area contributed by atoms with Gasteiger partial charge >= 0.3 is 0 Å². The molecule has 200 valence electrons. The van der Waals surface area contributed by atoms with Gasteiger partial charge in [-0.15, -0.1) is 0 Å². The van der Waals surface area contributed by atoms with Gasteiger partial charge in [-0.1, -0.05) is 6.07 Å². The number of hydrogen-bond donors (Lipinski definition) is 2. The Morgan fingerprint density at radius 3 is 2.74 bits per heavy atom. The second-order valence-corrected chi connectivity index (χ2v) is 9.93. The highest BCUT2D eigenvalue weighted by Gasteiger charge is 2.43. The highest BCUT2D eigenvalue weighted by molar-refractivity contribution is 9.10. The summed E-state index contributed by atoms with van der Waals surface area (Å²) >= 11 is 9.23. The topological polar surface area (TPSA) is 88.9 Å². The van der Waals surface area contributed by atoms with E-state index in [1.54, 1.807) is 24.4 Å². The van der Waals surface area contributed by atoms with Crippen LogP contribution in [0.4, 0.5) is 15.8 Å². The number of benzene rings is 2. The lowest BCUT2D eigenvalue weighted by Crippen LogP contribution is -2.29. The number of methoxy groups -OCH3 is 2. The van der Waals surface area contributed by atoms with E-state index < -0.39 is 6.04 Å². The third-order valence-electron chi connectivity index (χ3n) is 6.22. The van der Waals surface area contributed by atoms with Crippen LogP contribution in [0.3, 0.4) is 0 Å². The number of aromatic nitrogens is 1. The summed E-state index contributed by atoms with van der Waals surface area (Å²) in [7, 11) is 2.98. The van der Waals surface area contributed by atoms with Gasteiger partial charge in [-0.2, -0.15) is 0 Å². The lowest BCUT2D eigenvalue weighted by molar-refractivity contribution is -0.119. The largest absolute Gasteiger partial charge is 0.495 e. The molecule has 2 aromatic carbocycles. The molecule has 0 spiro atoms. The molecule has 4 aromatic rings. The Hall–Kier alpha value is -3.80. The number of nitrogens with one attached hydrogen (secondary N) is 2. The number of hydrogen-bond acceptors (Lipinski definition) is 6. The van der Waals surface area contributed by atoms with Gasteiger partial charge in [0.15, 0.2) is 5.11 Å². The first-order valence-electron chi connectivity index (χ1n) is 11.9. The fraction of sp³-hybridized carbons (Fsp3) is 0.179. The predicted molar refractivity (Wildman–Crippen MR) is 153 cm³/mol. The second kappa shape index (κ2) is 11.5. The first-order valence-corrected chi connectivity index (χ1v) is 13.1. The van der Waals surface area contributed by atoms with Gasteiger partial charge in [-0.25, -0.2) is 4.39 Å². The molecule has 0 unspecified atom stereocenters. The van der Waals surface area contributed by atoms with Crippen LogP contribution < -0.4 is 20.3 Å². The van der Waals surface area contributed by atoms with Crippen LogP contribution in [0.25, 0.3) is 11.3 Å².